The minimum absolute atomic E-state index is 0.989. The van der Waals surface area contributed by atoms with Crippen LogP contribution in [0.15, 0.2) is 0 Å². The maximum Gasteiger partial charge on any atom is 0.0685 e. The molecule has 88 valence electrons. The van der Waals surface area contributed by atoms with Gasteiger partial charge in [0.1, 0.15) is 0 Å². The molecule has 16 heavy (non-hydrogen) atoms. The molecule has 3 heterocycles. The first-order valence-corrected chi connectivity index (χ1v) is 6.31. The van der Waals surface area contributed by atoms with Gasteiger partial charge in [-0.15, -0.1) is 0 Å². The summed E-state index contributed by atoms with van der Waals surface area (Å²) in [6.07, 6.45) is 3.87. The fourth-order valence-corrected chi connectivity index (χ4v) is 2.87. The Balaban J connectivity index is 1.68. The monoisotopic (exact) mass is 220 g/mol. The molecule has 4 nitrogen and oxygen atoms in total. The molecule has 2 aliphatic rings. The lowest BCUT2D eigenvalue weighted by molar-refractivity contribution is 0.341. The minimum Gasteiger partial charge on any atom is -0.307 e. The van der Waals surface area contributed by atoms with Crippen LogP contribution >= 0.6 is 0 Å². The van der Waals surface area contributed by atoms with E-state index in [9.17, 15) is 0 Å². The lowest BCUT2D eigenvalue weighted by Crippen LogP contribution is -2.22. The Bertz CT molecular complexity index is 377. The summed E-state index contributed by atoms with van der Waals surface area (Å²) in [5.74, 6) is 0. The number of aromatic nitrogens is 2. The van der Waals surface area contributed by atoms with Crippen LogP contribution in [-0.2, 0) is 26.6 Å². The van der Waals surface area contributed by atoms with E-state index in [1.807, 2.05) is 0 Å². The molecule has 4 heteroatoms. The standard InChI is InChI=1S/C12H20N4/c1-15-12-9-13-8-10(12)11(14-15)4-7-16-5-2-3-6-16/h13H,2-9H2,1H3. The lowest BCUT2D eigenvalue weighted by Gasteiger charge is -2.13. The third-order valence-electron chi connectivity index (χ3n) is 3.82. The molecule has 0 spiro atoms. The molecule has 0 aliphatic carbocycles. The van der Waals surface area contributed by atoms with E-state index in [1.165, 1.54) is 49.4 Å². The summed E-state index contributed by atoms with van der Waals surface area (Å²) in [7, 11) is 2.06. The smallest absolute Gasteiger partial charge is 0.0685 e. The summed E-state index contributed by atoms with van der Waals surface area (Å²) >= 11 is 0. The van der Waals surface area contributed by atoms with Crippen LogP contribution in [0, 0.1) is 0 Å². The summed E-state index contributed by atoms with van der Waals surface area (Å²) in [6, 6.07) is 0. The van der Waals surface area contributed by atoms with Crippen molar-refractivity contribution in [2.24, 2.45) is 7.05 Å². The number of hydrogen-bond acceptors (Lipinski definition) is 3. The zero-order valence-corrected chi connectivity index (χ0v) is 10.00. The molecule has 0 aromatic carbocycles. The Labute approximate surface area is 96.6 Å². The van der Waals surface area contributed by atoms with Gasteiger partial charge in [0.15, 0.2) is 0 Å². The summed E-state index contributed by atoms with van der Waals surface area (Å²) in [4.78, 5) is 2.56. The van der Waals surface area contributed by atoms with Gasteiger partial charge in [-0.3, -0.25) is 4.68 Å². The van der Waals surface area contributed by atoms with Gasteiger partial charge in [-0.05, 0) is 25.9 Å². The second-order valence-corrected chi connectivity index (χ2v) is 4.90. The first kappa shape index (κ1) is 10.3. The van der Waals surface area contributed by atoms with Crippen molar-refractivity contribution in [2.45, 2.75) is 32.4 Å². The maximum absolute atomic E-state index is 4.64. The van der Waals surface area contributed by atoms with Crippen molar-refractivity contribution >= 4 is 0 Å². The van der Waals surface area contributed by atoms with Gasteiger partial charge in [-0.25, -0.2) is 0 Å². The Kier molecular flexibility index (Phi) is 2.69. The van der Waals surface area contributed by atoms with Gasteiger partial charge in [-0.2, -0.15) is 5.10 Å². The van der Waals surface area contributed by atoms with Gasteiger partial charge in [-0.1, -0.05) is 0 Å². The topological polar surface area (TPSA) is 33.1 Å². The zero-order valence-electron chi connectivity index (χ0n) is 10.00. The number of fused-ring (bicyclic) bond motifs is 1. The second kappa shape index (κ2) is 4.18. The predicted molar refractivity (Wildman–Crippen MR) is 63.1 cm³/mol. The van der Waals surface area contributed by atoms with E-state index in [0.717, 1.165) is 19.5 Å². The van der Waals surface area contributed by atoms with Gasteiger partial charge in [0, 0.05) is 38.7 Å². The highest BCUT2D eigenvalue weighted by molar-refractivity contribution is 5.29. The first-order chi connectivity index (χ1) is 7.84. The lowest BCUT2D eigenvalue weighted by atomic mass is 10.1. The number of nitrogens with zero attached hydrogens (tertiary/aromatic N) is 3. The number of aryl methyl sites for hydroxylation is 1. The van der Waals surface area contributed by atoms with Crippen molar-refractivity contribution in [1.29, 1.82) is 0 Å². The summed E-state index contributed by atoms with van der Waals surface area (Å²) in [5, 5.41) is 8.05. The van der Waals surface area contributed by atoms with Crippen LogP contribution in [0.2, 0.25) is 0 Å². The third-order valence-corrected chi connectivity index (χ3v) is 3.82. The molecular weight excluding hydrogens is 200 g/mol. The average Bonchev–Trinajstić information content (AvgIpc) is 2.95. The highest BCUT2D eigenvalue weighted by Gasteiger charge is 2.21. The van der Waals surface area contributed by atoms with Gasteiger partial charge in [0.2, 0.25) is 0 Å². The SMILES string of the molecule is Cn1nc(CCN2CCCC2)c2c1CNC2. The van der Waals surface area contributed by atoms with Crippen LogP contribution in [-0.4, -0.2) is 34.3 Å². The van der Waals surface area contributed by atoms with Crippen molar-refractivity contribution < 1.29 is 0 Å². The number of likely N-dealkylation sites (tertiary alicyclic amines) is 1. The summed E-state index contributed by atoms with van der Waals surface area (Å²) < 4.78 is 2.05. The van der Waals surface area contributed by atoms with E-state index >= 15 is 0 Å². The van der Waals surface area contributed by atoms with E-state index in [2.05, 4.69) is 27.0 Å². The Morgan fingerprint density at radius 3 is 2.88 bits per heavy atom. The van der Waals surface area contributed by atoms with E-state index < -0.39 is 0 Å². The van der Waals surface area contributed by atoms with Crippen LogP contribution in [0.1, 0.15) is 29.8 Å². The fraction of sp³-hybridized carbons (Fsp3) is 0.750. The molecule has 2 aliphatic heterocycles. The van der Waals surface area contributed by atoms with Crippen LogP contribution in [0.4, 0.5) is 0 Å². The normalized spacial score (nSPS) is 20.6. The van der Waals surface area contributed by atoms with Crippen molar-refractivity contribution in [3.05, 3.63) is 17.0 Å². The molecule has 1 N–H and O–H groups in total. The summed E-state index contributed by atoms with van der Waals surface area (Å²) in [6.45, 7) is 5.76. The largest absolute Gasteiger partial charge is 0.307 e. The zero-order chi connectivity index (χ0) is 11.0. The first-order valence-electron chi connectivity index (χ1n) is 6.31. The molecule has 1 fully saturated rings. The van der Waals surface area contributed by atoms with Crippen molar-refractivity contribution in [3.8, 4) is 0 Å². The number of hydrogen-bond donors (Lipinski definition) is 1. The van der Waals surface area contributed by atoms with Crippen molar-refractivity contribution in [1.82, 2.24) is 20.0 Å². The Hall–Kier alpha value is -0.870. The van der Waals surface area contributed by atoms with E-state index in [0.29, 0.717) is 0 Å². The van der Waals surface area contributed by atoms with Crippen molar-refractivity contribution in [3.63, 3.8) is 0 Å². The number of rotatable bonds is 3. The van der Waals surface area contributed by atoms with Gasteiger partial charge in [0.25, 0.3) is 0 Å². The quantitative estimate of drug-likeness (QED) is 0.812. The van der Waals surface area contributed by atoms with Crippen LogP contribution in [0.25, 0.3) is 0 Å². The highest BCUT2D eigenvalue weighted by atomic mass is 15.3. The van der Waals surface area contributed by atoms with Gasteiger partial charge < -0.3 is 10.2 Å². The fourth-order valence-electron chi connectivity index (χ4n) is 2.87. The Morgan fingerprint density at radius 1 is 1.25 bits per heavy atom. The highest BCUT2D eigenvalue weighted by Crippen LogP contribution is 2.19. The molecule has 0 radical (unpaired) electrons. The molecule has 1 aromatic heterocycles. The molecule has 3 rings (SSSR count). The summed E-state index contributed by atoms with van der Waals surface area (Å²) in [5.41, 5.74) is 4.16. The minimum atomic E-state index is 0.989. The van der Waals surface area contributed by atoms with Crippen LogP contribution in [0.3, 0.4) is 0 Å². The molecular formula is C12H20N4. The second-order valence-electron chi connectivity index (χ2n) is 4.90. The van der Waals surface area contributed by atoms with Crippen LogP contribution in [0.5, 0.6) is 0 Å². The maximum atomic E-state index is 4.64. The van der Waals surface area contributed by atoms with E-state index in [4.69, 9.17) is 0 Å². The van der Waals surface area contributed by atoms with Crippen molar-refractivity contribution in [2.75, 3.05) is 19.6 Å². The van der Waals surface area contributed by atoms with Gasteiger partial charge in [0.05, 0.1) is 11.4 Å². The van der Waals surface area contributed by atoms with E-state index in [-0.39, 0.29) is 0 Å². The molecule has 1 saturated heterocycles. The molecule has 1 aromatic rings. The van der Waals surface area contributed by atoms with Gasteiger partial charge >= 0.3 is 0 Å². The molecule has 0 amide bonds. The average molecular weight is 220 g/mol. The molecule has 0 atom stereocenters. The third kappa shape index (κ3) is 1.76. The molecule has 0 saturated carbocycles. The number of nitrogens with one attached hydrogen (secondary N) is 1. The van der Waals surface area contributed by atoms with Crippen LogP contribution < -0.4 is 5.32 Å². The molecule has 0 unspecified atom stereocenters. The predicted octanol–water partition coefficient (Wildman–Crippen LogP) is 0.662. The van der Waals surface area contributed by atoms with E-state index in [1.54, 1.807) is 0 Å². The Morgan fingerprint density at radius 2 is 2.06 bits per heavy atom. The molecule has 0 bridgehead atoms.